The minimum absolute atomic E-state index is 0.0964. The summed E-state index contributed by atoms with van der Waals surface area (Å²) in [6.07, 6.45) is 7.23. The highest BCUT2D eigenvalue weighted by Crippen LogP contribution is 2.47. The molecule has 0 spiro atoms. The van der Waals surface area contributed by atoms with Crippen LogP contribution in [0.15, 0.2) is 97.1 Å². The van der Waals surface area contributed by atoms with Gasteiger partial charge in [0.15, 0.2) is 23.0 Å². The highest BCUT2D eigenvalue weighted by atomic mass is 16.6. The molecule has 2 aliphatic heterocycles. The summed E-state index contributed by atoms with van der Waals surface area (Å²) in [6.45, 7) is 16.5. The maximum atomic E-state index is 13.4. The van der Waals surface area contributed by atoms with Crippen LogP contribution >= 0.6 is 0 Å². The average Bonchev–Trinajstić information content (AvgIpc) is 1.59. The molecule has 0 fully saturated rings. The molecule has 0 atom stereocenters. The van der Waals surface area contributed by atoms with Gasteiger partial charge in [-0.05, 0) is 147 Å². The number of hydrogen-bond acceptors (Lipinski definition) is 29. The number of benzene rings is 4. The predicted molar refractivity (Wildman–Crippen MR) is 478 cm³/mol. The van der Waals surface area contributed by atoms with Crippen molar-refractivity contribution in [3.8, 4) is 85.5 Å². The molecule has 0 saturated carbocycles. The first-order chi connectivity index (χ1) is 61.8. The van der Waals surface area contributed by atoms with E-state index in [1.165, 1.54) is 0 Å². The molecule has 1 amide bonds. The molecule has 0 saturated heterocycles. The number of fused-ring (bicyclic) bond motifs is 8. The third kappa shape index (κ3) is 35.1. The van der Waals surface area contributed by atoms with E-state index in [0.29, 0.717) is 288 Å². The van der Waals surface area contributed by atoms with Crippen LogP contribution in [0.4, 0.5) is 10.5 Å². The maximum absolute atomic E-state index is 13.4. The van der Waals surface area contributed by atoms with Crippen molar-refractivity contribution in [2.24, 2.45) is 0 Å². The Hall–Kier alpha value is -9.81. The monoisotopic (exact) mass is 1760 g/mol. The Kier molecular flexibility index (Phi) is 46.4. The molecule has 0 aliphatic carbocycles. The zero-order valence-electron chi connectivity index (χ0n) is 74.4. The molecule has 2 aliphatic rings. The van der Waals surface area contributed by atoms with Crippen LogP contribution in [0.1, 0.15) is 54.7 Å². The van der Waals surface area contributed by atoms with Crippen molar-refractivity contribution in [2.75, 3.05) is 293 Å². The van der Waals surface area contributed by atoms with E-state index in [0.717, 1.165) is 5.56 Å². The molecule has 8 bridgehead atoms. The van der Waals surface area contributed by atoms with E-state index in [1.807, 2.05) is 142 Å². The second kappa shape index (κ2) is 58.5. The van der Waals surface area contributed by atoms with Crippen LogP contribution in [0.3, 0.4) is 0 Å². The van der Waals surface area contributed by atoms with Gasteiger partial charge in [-0.25, -0.2) is 14.8 Å². The van der Waals surface area contributed by atoms with Crippen molar-refractivity contribution in [3.63, 3.8) is 0 Å². The van der Waals surface area contributed by atoms with Crippen molar-refractivity contribution in [1.82, 2.24) is 19.9 Å². The zero-order valence-corrected chi connectivity index (χ0v) is 74.4. The van der Waals surface area contributed by atoms with Gasteiger partial charge in [0.05, 0.1) is 239 Å². The van der Waals surface area contributed by atoms with Gasteiger partial charge in [-0.1, -0.05) is 24.0 Å². The molecule has 126 heavy (non-hydrogen) atoms. The lowest BCUT2D eigenvalue weighted by molar-refractivity contribution is 0.0146. The number of aromatic nitrogens is 4. The minimum atomic E-state index is -0.756. The molecule has 5 heterocycles. The number of rotatable bonds is 65. The van der Waals surface area contributed by atoms with Crippen molar-refractivity contribution in [3.05, 3.63) is 131 Å². The molecule has 32 heteroatoms. The number of H-pyrrole nitrogens is 2. The quantitative estimate of drug-likeness (QED) is 0.0235. The van der Waals surface area contributed by atoms with Crippen molar-refractivity contribution >= 4 is 58.2 Å². The van der Waals surface area contributed by atoms with Crippen molar-refractivity contribution < 1.29 is 128 Å². The van der Waals surface area contributed by atoms with E-state index in [9.17, 15) is 4.79 Å². The fourth-order valence-corrected chi connectivity index (χ4v) is 12.4. The summed E-state index contributed by atoms with van der Waals surface area (Å²) >= 11 is 0. The number of nitrogens with one attached hydrogen (secondary N) is 3. The highest BCUT2D eigenvalue weighted by Gasteiger charge is 2.26. The third-order valence-electron chi connectivity index (χ3n) is 18.3. The molecule has 0 unspecified atom stereocenters. The Morgan fingerprint density at radius 1 is 0.317 bits per heavy atom. The normalized spacial score (nSPS) is 11.8. The van der Waals surface area contributed by atoms with Crippen molar-refractivity contribution in [1.29, 1.82) is 0 Å². The average molecular weight is 1760 g/mol. The Bertz CT molecular complexity index is 4410. The fraction of sp³-hybridized carbons (Fsp3) is 0.500. The van der Waals surface area contributed by atoms with Crippen LogP contribution in [-0.2, 0) is 90.0 Å². The van der Waals surface area contributed by atoms with Crippen LogP contribution in [0.25, 0.3) is 79.8 Å². The fourth-order valence-electron chi connectivity index (χ4n) is 12.4. The van der Waals surface area contributed by atoms with Crippen LogP contribution in [0.5, 0.6) is 40.2 Å². The molecule has 32 nitrogen and oxygen atoms in total. The summed E-state index contributed by atoms with van der Waals surface area (Å²) in [4.78, 5) is 32.3. The highest BCUT2D eigenvalue weighted by molar-refractivity contribution is 5.99. The first kappa shape index (κ1) is 100.0. The van der Waals surface area contributed by atoms with Gasteiger partial charge in [0.25, 0.3) is 0 Å². The lowest BCUT2D eigenvalue weighted by Gasteiger charge is -2.19. The molecular weight excluding hydrogens is 1630 g/mol. The van der Waals surface area contributed by atoms with E-state index in [-0.39, 0.29) is 79.3 Å². The lowest BCUT2D eigenvalue weighted by Crippen LogP contribution is -2.27. The summed E-state index contributed by atoms with van der Waals surface area (Å²) in [5.74, 6) is 9.61. The first-order valence-electron chi connectivity index (χ1n) is 42.3. The second-order valence-electron chi connectivity index (χ2n) is 28.7. The Balaban J connectivity index is 1.30. The second-order valence-corrected chi connectivity index (χ2v) is 28.7. The summed E-state index contributed by atoms with van der Waals surface area (Å²) in [5.41, 5.74) is 9.51. The van der Waals surface area contributed by atoms with Gasteiger partial charge in [0, 0.05) is 87.2 Å². The van der Waals surface area contributed by atoms with Gasteiger partial charge in [-0.3, -0.25) is 5.32 Å². The number of nitrogens with zero attached hydrogens (tertiary/aromatic N) is 2. The number of carbonyl (C=O) groups excluding carboxylic acids is 1. The topological polar surface area (TPSA) is 326 Å². The lowest BCUT2D eigenvalue weighted by atomic mass is 10.0. The minimum Gasteiger partial charge on any atom is -0.497 e. The third-order valence-corrected chi connectivity index (χ3v) is 18.3. The van der Waals surface area contributed by atoms with Crippen LogP contribution in [-0.4, -0.2) is 319 Å². The van der Waals surface area contributed by atoms with E-state index >= 15 is 0 Å². The SMILES string of the molecule is COCCOCCOCCOc1cc(-c2c3nc(c(-c4ccc(NC(=O)OC(C)(C)C)cc4)c4ccc([nH]4)c(-c4cc(OCCOCCOCCOC)c(OCCOCCOCCOC)c(OCCOCCOCCOC)c4)c4nc(c(C#Cc5ccc(OC)cc5)c5ccc2[nH]5)C=C4)C=C3)cc(OCCOCCOCCOC)c1OCCOCCOCCOC. The molecule has 3 aromatic heterocycles. The standard InChI is InChI=1S/C94H125N5O27/c1-94(2,3)126-93(100)95-73-16-14-70(15-17-73)88-78-25-27-82(98-78)89(71-65-84(120-59-53-114-47-41-108-35-29-101-4)91(124-63-57-118-51-45-112-39-33-105-8)85(66-71)121-60-54-115-48-42-109-36-30-102-5)80-23-21-76(96-80)75(20-13-69-11-18-74(107-10)19-12-69)77-22-24-81(97-77)90(83-28-26-79(88)99-83)72-67-86(122-61-55-116-49-43-110-37-31-103-6)92(125-64-58-119-52-46-113-40-34-106-9)87(68-72)123-62-56-117-50-44-111-38-32-104-7/h11-12,14-19,21-28,65-68,96,99H,29-64H2,1-10H3,(H,95,100). The van der Waals surface area contributed by atoms with Crippen LogP contribution < -0.4 is 38.5 Å². The molecule has 3 N–H and O–H groups in total. The molecule has 9 rings (SSSR count). The number of carbonyl (C=O) groups is 1. The van der Waals surface area contributed by atoms with Gasteiger partial charge in [0.1, 0.15) is 51.0 Å². The molecule has 7 aromatic rings. The number of methoxy groups -OCH3 is 7. The number of anilines is 1. The smallest absolute Gasteiger partial charge is 0.412 e. The van der Waals surface area contributed by atoms with Gasteiger partial charge in [-0.15, -0.1) is 0 Å². The molecular formula is C94H125N5O27. The Morgan fingerprint density at radius 3 is 0.929 bits per heavy atom. The predicted octanol–water partition coefficient (Wildman–Crippen LogP) is 12.8. The van der Waals surface area contributed by atoms with E-state index in [4.69, 9.17) is 133 Å². The van der Waals surface area contributed by atoms with Crippen LogP contribution in [0, 0.1) is 11.8 Å². The number of aromatic amines is 2. The van der Waals surface area contributed by atoms with E-state index in [2.05, 4.69) is 27.1 Å². The summed E-state index contributed by atoms with van der Waals surface area (Å²) in [7, 11) is 11.4. The number of hydrogen-bond donors (Lipinski definition) is 3. The summed E-state index contributed by atoms with van der Waals surface area (Å²) in [6, 6.07) is 30.6. The van der Waals surface area contributed by atoms with E-state index in [1.54, 1.807) is 49.8 Å². The Morgan fingerprint density at radius 2 is 0.603 bits per heavy atom. The number of amides is 1. The first-order valence-corrected chi connectivity index (χ1v) is 42.3. The van der Waals surface area contributed by atoms with Gasteiger partial charge >= 0.3 is 6.09 Å². The zero-order chi connectivity index (χ0) is 88.9. The Labute approximate surface area is 738 Å². The largest absolute Gasteiger partial charge is 0.497 e. The van der Waals surface area contributed by atoms with E-state index < -0.39 is 11.7 Å². The number of ether oxygens (including phenoxy) is 26. The van der Waals surface area contributed by atoms with Gasteiger partial charge in [0.2, 0.25) is 11.5 Å². The molecule has 4 aromatic carbocycles. The molecule has 0 radical (unpaired) electrons. The van der Waals surface area contributed by atoms with Crippen molar-refractivity contribution in [2.45, 2.75) is 26.4 Å². The van der Waals surface area contributed by atoms with Gasteiger partial charge in [-0.2, -0.15) is 0 Å². The van der Waals surface area contributed by atoms with Gasteiger partial charge < -0.3 is 133 Å². The molecule has 688 valence electrons. The summed E-state index contributed by atoms with van der Waals surface area (Å²) in [5, 5.41) is 2.91. The maximum Gasteiger partial charge on any atom is 0.412 e. The van der Waals surface area contributed by atoms with Crippen LogP contribution in [0.2, 0.25) is 0 Å². The summed E-state index contributed by atoms with van der Waals surface area (Å²) < 4.78 is 153.